The number of ketones is 1. The molecule has 0 unspecified atom stereocenters. The number of hydrogen-bond donors (Lipinski definition) is 1. The van der Waals surface area contributed by atoms with Gasteiger partial charge in [0.25, 0.3) is 5.78 Å². The predicted octanol–water partition coefficient (Wildman–Crippen LogP) is 2.53. The first-order valence-electron chi connectivity index (χ1n) is 5.35. The van der Waals surface area contributed by atoms with Crippen LogP contribution in [0.15, 0.2) is 34.8 Å². The summed E-state index contributed by atoms with van der Waals surface area (Å²) in [4.78, 5) is 21.8. The van der Waals surface area contributed by atoms with Gasteiger partial charge in [-0.3, -0.25) is 4.79 Å². The van der Waals surface area contributed by atoms with Crippen molar-refractivity contribution in [3.8, 4) is 11.8 Å². The van der Waals surface area contributed by atoms with Gasteiger partial charge in [-0.25, -0.2) is 4.79 Å². The summed E-state index contributed by atoms with van der Waals surface area (Å²) < 4.78 is 5.13. The maximum absolute atomic E-state index is 11.5. The van der Waals surface area contributed by atoms with E-state index in [1.165, 1.54) is 18.2 Å². The Hall–Kier alpha value is -2.54. The van der Waals surface area contributed by atoms with Crippen LogP contribution in [0.5, 0.6) is 0 Å². The Kier molecular flexibility index (Phi) is 5.20. The number of carbonyl (C=O) groups is 2. The standard InChI is InChI=1S/C14H12O4/c1-2-3-4-5-6-12(15)13-9-7-11(18-13)8-10-14(16)17/h3-4,7-10H,2H2,1H3,(H,16,17)/b4-3-,10-8+. The normalized spacial score (nSPS) is 10.5. The van der Waals surface area contributed by atoms with E-state index in [9.17, 15) is 9.59 Å². The Bertz CT molecular complexity index is 550. The van der Waals surface area contributed by atoms with E-state index in [1.54, 1.807) is 6.08 Å². The SMILES string of the molecule is CC/C=C\C#CC(=O)c1ccc(/C=C/C(=O)O)o1. The minimum absolute atomic E-state index is 0.0948. The third-order valence-corrected chi connectivity index (χ3v) is 1.86. The lowest BCUT2D eigenvalue weighted by molar-refractivity contribution is -0.131. The van der Waals surface area contributed by atoms with E-state index in [1.807, 2.05) is 13.0 Å². The molecule has 18 heavy (non-hydrogen) atoms. The largest absolute Gasteiger partial charge is 0.478 e. The molecule has 0 aliphatic carbocycles. The van der Waals surface area contributed by atoms with Crippen molar-refractivity contribution < 1.29 is 19.1 Å². The zero-order chi connectivity index (χ0) is 13.4. The first-order chi connectivity index (χ1) is 8.63. The molecule has 1 aromatic heterocycles. The van der Waals surface area contributed by atoms with Crippen LogP contribution in [0.4, 0.5) is 0 Å². The molecule has 0 bridgehead atoms. The molecule has 1 heterocycles. The fraction of sp³-hybridized carbons (Fsp3) is 0.143. The summed E-state index contributed by atoms with van der Waals surface area (Å²) in [5.74, 6) is 3.87. The molecule has 0 atom stereocenters. The Balaban J connectivity index is 2.73. The van der Waals surface area contributed by atoms with E-state index >= 15 is 0 Å². The fourth-order valence-electron chi connectivity index (χ4n) is 1.06. The number of aliphatic carboxylic acids is 1. The highest BCUT2D eigenvalue weighted by atomic mass is 16.4. The maximum atomic E-state index is 11.5. The average Bonchev–Trinajstić information content (AvgIpc) is 2.80. The van der Waals surface area contributed by atoms with Crippen molar-refractivity contribution in [2.24, 2.45) is 0 Å². The van der Waals surface area contributed by atoms with Crippen molar-refractivity contribution >= 4 is 17.8 Å². The van der Waals surface area contributed by atoms with Crippen LogP contribution in [0.1, 0.15) is 29.7 Å². The molecule has 4 nitrogen and oxygen atoms in total. The monoisotopic (exact) mass is 244 g/mol. The quantitative estimate of drug-likeness (QED) is 0.382. The van der Waals surface area contributed by atoms with Gasteiger partial charge >= 0.3 is 5.97 Å². The molecule has 1 aromatic rings. The lowest BCUT2D eigenvalue weighted by atomic mass is 10.3. The molecule has 0 saturated heterocycles. The van der Waals surface area contributed by atoms with Crippen molar-refractivity contribution in [2.45, 2.75) is 13.3 Å². The Labute approximate surface area is 105 Å². The van der Waals surface area contributed by atoms with Gasteiger partial charge in [0.1, 0.15) is 5.76 Å². The zero-order valence-corrected chi connectivity index (χ0v) is 9.84. The average molecular weight is 244 g/mol. The Morgan fingerprint density at radius 1 is 1.44 bits per heavy atom. The van der Waals surface area contributed by atoms with Gasteiger partial charge in [0.15, 0.2) is 5.76 Å². The molecule has 0 aromatic carbocycles. The Morgan fingerprint density at radius 3 is 2.89 bits per heavy atom. The fourth-order valence-corrected chi connectivity index (χ4v) is 1.06. The lowest BCUT2D eigenvalue weighted by Crippen LogP contribution is -1.90. The van der Waals surface area contributed by atoms with Gasteiger partial charge in [-0.1, -0.05) is 18.9 Å². The van der Waals surface area contributed by atoms with Crippen LogP contribution < -0.4 is 0 Å². The third kappa shape index (κ3) is 4.54. The molecule has 4 heteroatoms. The minimum atomic E-state index is -1.08. The Morgan fingerprint density at radius 2 is 2.22 bits per heavy atom. The second-order valence-electron chi connectivity index (χ2n) is 3.28. The van der Waals surface area contributed by atoms with Gasteiger partial charge in [-0.15, -0.1) is 0 Å². The highest BCUT2D eigenvalue weighted by Gasteiger charge is 2.06. The summed E-state index contributed by atoms with van der Waals surface area (Å²) in [6.45, 7) is 1.97. The molecular formula is C14H12O4. The van der Waals surface area contributed by atoms with Crippen LogP contribution >= 0.6 is 0 Å². The predicted molar refractivity (Wildman–Crippen MR) is 66.9 cm³/mol. The van der Waals surface area contributed by atoms with Crippen LogP contribution in [-0.4, -0.2) is 16.9 Å². The summed E-state index contributed by atoms with van der Waals surface area (Å²) in [6.07, 6.45) is 6.50. The number of carboxylic acid groups (broad SMARTS) is 1. The molecule has 0 aliphatic rings. The maximum Gasteiger partial charge on any atom is 0.328 e. The summed E-state index contributed by atoms with van der Waals surface area (Å²) >= 11 is 0. The number of furan rings is 1. The number of Topliss-reactive ketones (excluding diaryl/α,β-unsaturated/α-hetero) is 1. The molecule has 0 radical (unpaired) electrons. The number of allylic oxidation sites excluding steroid dienone is 2. The topological polar surface area (TPSA) is 67.5 Å². The summed E-state index contributed by atoms with van der Waals surface area (Å²) in [7, 11) is 0. The number of carbonyl (C=O) groups excluding carboxylic acids is 1. The molecule has 0 fully saturated rings. The van der Waals surface area contributed by atoms with Crippen molar-refractivity contribution in [1.82, 2.24) is 0 Å². The van der Waals surface area contributed by atoms with E-state index in [0.717, 1.165) is 12.5 Å². The van der Waals surface area contributed by atoms with E-state index in [-0.39, 0.29) is 5.76 Å². The second kappa shape index (κ2) is 6.92. The van der Waals surface area contributed by atoms with Crippen LogP contribution in [0.3, 0.4) is 0 Å². The van der Waals surface area contributed by atoms with Crippen molar-refractivity contribution in [2.75, 3.05) is 0 Å². The minimum Gasteiger partial charge on any atom is -0.478 e. The molecular weight excluding hydrogens is 232 g/mol. The second-order valence-corrected chi connectivity index (χ2v) is 3.28. The first-order valence-corrected chi connectivity index (χ1v) is 5.35. The third-order valence-electron chi connectivity index (χ3n) is 1.86. The van der Waals surface area contributed by atoms with Crippen molar-refractivity contribution in [3.05, 3.63) is 41.9 Å². The molecule has 0 aliphatic heterocycles. The van der Waals surface area contributed by atoms with Gasteiger partial charge in [0, 0.05) is 6.08 Å². The van der Waals surface area contributed by atoms with E-state index in [0.29, 0.717) is 5.76 Å². The van der Waals surface area contributed by atoms with Gasteiger partial charge in [-0.05, 0) is 36.6 Å². The number of hydrogen-bond acceptors (Lipinski definition) is 3. The molecule has 0 spiro atoms. The van der Waals surface area contributed by atoms with Crippen LogP contribution in [-0.2, 0) is 4.79 Å². The summed E-state index contributed by atoms with van der Waals surface area (Å²) in [5, 5.41) is 8.43. The highest BCUT2D eigenvalue weighted by Crippen LogP contribution is 2.09. The van der Waals surface area contributed by atoms with Crippen molar-refractivity contribution in [1.29, 1.82) is 0 Å². The van der Waals surface area contributed by atoms with Crippen LogP contribution in [0.25, 0.3) is 6.08 Å². The van der Waals surface area contributed by atoms with Crippen LogP contribution in [0.2, 0.25) is 0 Å². The van der Waals surface area contributed by atoms with Gasteiger partial charge in [0.05, 0.1) is 0 Å². The smallest absolute Gasteiger partial charge is 0.328 e. The lowest BCUT2D eigenvalue weighted by Gasteiger charge is -1.85. The first kappa shape index (κ1) is 13.5. The molecule has 0 saturated carbocycles. The van der Waals surface area contributed by atoms with E-state index < -0.39 is 11.8 Å². The van der Waals surface area contributed by atoms with Gasteiger partial charge in [0.2, 0.25) is 0 Å². The van der Waals surface area contributed by atoms with Crippen LogP contribution in [0, 0.1) is 11.8 Å². The van der Waals surface area contributed by atoms with Gasteiger partial charge in [-0.2, -0.15) is 0 Å². The molecule has 1 rings (SSSR count). The molecule has 0 amide bonds. The number of rotatable bonds is 4. The summed E-state index contributed by atoms with van der Waals surface area (Å²) in [5.41, 5.74) is 0. The highest BCUT2D eigenvalue weighted by molar-refractivity contribution is 6.07. The van der Waals surface area contributed by atoms with Crippen molar-refractivity contribution in [3.63, 3.8) is 0 Å². The number of carboxylic acids is 1. The molecule has 92 valence electrons. The van der Waals surface area contributed by atoms with E-state index in [2.05, 4.69) is 11.8 Å². The molecule has 1 N–H and O–H groups in total. The van der Waals surface area contributed by atoms with E-state index in [4.69, 9.17) is 9.52 Å². The summed E-state index contributed by atoms with van der Waals surface area (Å²) in [6, 6.07) is 2.97. The zero-order valence-electron chi connectivity index (χ0n) is 9.84. The van der Waals surface area contributed by atoms with Gasteiger partial charge < -0.3 is 9.52 Å².